The molecule has 2 aliphatic carbocycles. The van der Waals surface area contributed by atoms with Crippen LogP contribution in [0.5, 0.6) is 0 Å². The summed E-state index contributed by atoms with van der Waals surface area (Å²) in [7, 11) is 0. The van der Waals surface area contributed by atoms with Gasteiger partial charge in [-0.3, -0.25) is 9.59 Å². The van der Waals surface area contributed by atoms with Gasteiger partial charge in [0.05, 0.1) is 5.92 Å². The number of rotatable bonds is 0. The summed E-state index contributed by atoms with van der Waals surface area (Å²) < 4.78 is 0. The normalized spacial score (nSPS) is 41.6. The molecule has 2 nitrogen and oxygen atoms in total. The fourth-order valence-electron chi connectivity index (χ4n) is 2.57. The Morgan fingerprint density at radius 3 is 2.75 bits per heavy atom. The molecule has 0 heterocycles. The Morgan fingerprint density at radius 2 is 2.00 bits per heavy atom. The summed E-state index contributed by atoms with van der Waals surface area (Å²) in [6, 6.07) is 0. The molecule has 3 atom stereocenters. The second kappa shape index (κ2) is 2.68. The van der Waals surface area contributed by atoms with E-state index >= 15 is 0 Å². The summed E-state index contributed by atoms with van der Waals surface area (Å²) >= 11 is 0. The first-order valence-electron chi connectivity index (χ1n) is 4.76. The third-order valence-corrected chi connectivity index (χ3v) is 3.32. The van der Waals surface area contributed by atoms with Gasteiger partial charge in [0.1, 0.15) is 11.6 Å². The molecule has 2 heteroatoms. The summed E-state index contributed by atoms with van der Waals surface area (Å²) in [5, 5.41) is 0. The first-order chi connectivity index (χ1) is 5.70. The molecule has 0 aliphatic heterocycles. The van der Waals surface area contributed by atoms with Gasteiger partial charge in [0.2, 0.25) is 0 Å². The van der Waals surface area contributed by atoms with Gasteiger partial charge in [-0.05, 0) is 18.8 Å². The Hall–Kier alpha value is -0.660. The van der Waals surface area contributed by atoms with Crippen molar-refractivity contribution in [1.29, 1.82) is 0 Å². The molecule has 2 fully saturated rings. The molecule has 0 unspecified atom stereocenters. The number of carbonyl (C=O) groups excluding carboxylic acids is 2. The minimum absolute atomic E-state index is 0.198. The number of hydrogen-bond donors (Lipinski definition) is 0. The topological polar surface area (TPSA) is 34.1 Å². The van der Waals surface area contributed by atoms with Crippen LogP contribution in [-0.2, 0) is 9.59 Å². The maximum atomic E-state index is 11.6. The summed E-state index contributed by atoms with van der Waals surface area (Å²) in [5.41, 5.74) is 0. The molecule has 0 aromatic carbocycles. The highest BCUT2D eigenvalue weighted by Crippen LogP contribution is 2.38. The van der Waals surface area contributed by atoms with Crippen molar-refractivity contribution >= 4 is 11.6 Å². The number of ketones is 2. The number of carbonyl (C=O) groups is 2. The lowest BCUT2D eigenvalue weighted by atomic mass is 9.66. The van der Waals surface area contributed by atoms with Gasteiger partial charge in [-0.2, -0.15) is 0 Å². The van der Waals surface area contributed by atoms with Gasteiger partial charge in [-0.1, -0.05) is 13.3 Å². The molecule has 0 N–H and O–H groups in total. The molecule has 0 amide bonds. The SMILES string of the molecule is C[C@@H]1CC(=O)[C@@H]2CCC[C@@H]1C2=O. The zero-order chi connectivity index (χ0) is 8.72. The molecular formula is C10H14O2. The minimum atomic E-state index is -0.208. The van der Waals surface area contributed by atoms with Crippen molar-refractivity contribution in [3.63, 3.8) is 0 Å². The number of hydrogen-bond acceptors (Lipinski definition) is 2. The van der Waals surface area contributed by atoms with Crippen LogP contribution < -0.4 is 0 Å². The Kier molecular flexibility index (Phi) is 1.78. The second-order valence-electron chi connectivity index (χ2n) is 4.14. The fraction of sp³-hybridized carbons (Fsp3) is 0.800. The smallest absolute Gasteiger partial charge is 0.146 e. The Morgan fingerprint density at radius 1 is 1.25 bits per heavy atom. The molecule has 2 aliphatic rings. The second-order valence-corrected chi connectivity index (χ2v) is 4.14. The maximum Gasteiger partial charge on any atom is 0.146 e. The van der Waals surface area contributed by atoms with Crippen molar-refractivity contribution in [1.82, 2.24) is 0 Å². The van der Waals surface area contributed by atoms with Crippen molar-refractivity contribution in [3.05, 3.63) is 0 Å². The summed E-state index contributed by atoms with van der Waals surface area (Å²) in [6.45, 7) is 2.03. The molecule has 2 rings (SSSR count). The third-order valence-electron chi connectivity index (χ3n) is 3.32. The van der Waals surface area contributed by atoms with Crippen LogP contribution in [0, 0.1) is 17.8 Å². The van der Waals surface area contributed by atoms with Crippen LogP contribution in [0.2, 0.25) is 0 Å². The molecule has 0 saturated heterocycles. The van der Waals surface area contributed by atoms with Crippen LogP contribution in [-0.4, -0.2) is 11.6 Å². The lowest BCUT2D eigenvalue weighted by molar-refractivity contribution is -0.144. The summed E-state index contributed by atoms with van der Waals surface area (Å²) in [5.74, 6) is 0.747. The largest absolute Gasteiger partial charge is 0.299 e. The van der Waals surface area contributed by atoms with E-state index < -0.39 is 0 Å². The van der Waals surface area contributed by atoms with E-state index in [-0.39, 0.29) is 23.4 Å². The van der Waals surface area contributed by atoms with Gasteiger partial charge >= 0.3 is 0 Å². The molecular weight excluding hydrogens is 152 g/mol. The van der Waals surface area contributed by atoms with E-state index in [0.29, 0.717) is 12.3 Å². The average Bonchev–Trinajstić information content (AvgIpc) is 2.01. The van der Waals surface area contributed by atoms with Crippen LogP contribution in [0.15, 0.2) is 0 Å². The van der Waals surface area contributed by atoms with Crippen LogP contribution in [0.1, 0.15) is 32.6 Å². The maximum absolute atomic E-state index is 11.6. The minimum Gasteiger partial charge on any atom is -0.299 e. The molecule has 2 bridgehead atoms. The van der Waals surface area contributed by atoms with E-state index in [9.17, 15) is 9.59 Å². The van der Waals surface area contributed by atoms with Crippen molar-refractivity contribution < 1.29 is 9.59 Å². The highest BCUT2D eigenvalue weighted by atomic mass is 16.2. The van der Waals surface area contributed by atoms with Crippen molar-refractivity contribution in [2.24, 2.45) is 17.8 Å². The Labute approximate surface area is 72.3 Å². The lowest BCUT2D eigenvalue weighted by Crippen LogP contribution is -2.43. The van der Waals surface area contributed by atoms with E-state index in [0.717, 1.165) is 19.3 Å². The van der Waals surface area contributed by atoms with Crippen LogP contribution in [0.4, 0.5) is 0 Å². The van der Waals surface area contributed by atoms with Crippen molar-refractivity contribution in [3.8, 4) is 0 Å². The fourth-order valence-corrected chi connectivity index (χ4v) is 2.57. The van der Waals surface area contributed by atoms with E-state index in [4.69, 9.17) is 0 Å². The highest BCUT2D eigenvalue weighted by molar-refractivity contribution is 6.06. The standard InChI is InChI=1S/C10H14O2/c1-6-5-9(11)8-4-2-3-7(6)10(8)12/h6-8H,2-5H2,1H3/t6-,7+,8+/m1/s1. The average molecular weight is 166 g/mol. The van der Waals surface area contributed by atoms with E-state index in [1.54, 1.807) is 0 Å². The van der Waals surface area contributed by atoms with Gasteiger partial charge in [-0.15, -0.1) is 0 Å². The first-order valence-corrected chi connectivity index (χ1v) is 4.76. The molecule has 0 spiro atoms. The molecule has 66 valence electrons. The molecule has 0 aromatic rings. The summed E-state index contributed by atoms with van der Waals surface area (Å²) in [4.78, 5) is 23.0. The van der Waals surface area contributed by atoms with E-state index in [1.165, 1.54) is 0 Å². The zero-order valence-corrected chi connectivity index (χ0v) is 7.38. The lowest BCUT2D eigenvalue weighted by Gasteiger charge is -2.36. The molecule has 0 aromatic heterocycles. The van der Waals surface area contributed by atoms with Crippen molar-refractivity contribution in [2.75, 3.05) is 0 Å². The Balaban J connectivity index is 2.26. The van der Waals surface area contributed by atoms with Gasteiger partial charge in [0.15, 0.2) is 0 Å². The van der Waals surface area contributed by atoms with Crippen LogP contribution in [0.25, 0.3) is 0 Å². The third kappa shape index (κ3) is 1.01. The van der Waals surface area contributed by atoms with Crippen LogP contribution >= 0.6 is 0 Å². The monoisotopic (exact) mass is 166 g/mol. The zero-order valence-electron chi connectivity index (χ0n) is 7.38. The predicted molar refractivity (Wildman–Crippen MR) is 44.6 cm³/mol. The van der Waals surface area contributed by atoms with Gasteiger partial charge < -0.3 is 0 Å². The number of Topliss-reactive ketones (excluding diaryl/α,β-unsaturated/α-hetero) is 2. The molecule has 2 saturated carbocycles. The Bertz CT molecular complexity index is 232. The first kappa shape index (κ1) is 7.96. The van der Waals surface area contributed by atoms with Crippen molar-refractivity contribution in [2.45, 2.75) is 32.6 Å². The number of fused-ring (bicyclic) bond motifs is 2. The predicted octanol–water partition coefficient (Wildman–Crippen LogP) is 1.58. The van der Waals surface area contributed by atoms with E-state index in [2.05, 4.69) is 0 Å². The highest BCUT2D eigenvalue weighted by Gasteiger charge is 2.43. The van der Waals surface area contributed by atoms with Gasteiger partial charge in [-0.25, -0.2) is 0 Å². The van der Waals surface area contributed by atoms with Gasteiger partial charge in [0, 0.05) is 12.3 Å². The van der Waals surface area contributed by atoms with Crippen LogP contribution in [0.3, 0.4) is 0 Å². The quantitative estimate of drug-likeness (QED) is 0.512. The summed E-state index contributed by atoms with van der Waals surface area (Å²) in [6.07, 6.45) is 3.54. The molecule has 0 radical (unpaired) electrons. The van der Waals surface area contributed by atoms with Gasteiger partial charge in [0.25, 0.3) is 0 Å². The van der Waals surface area contributed by atoms with E-state index in [1.807, 2.05) is 6.92 Å². The molecule has 12 heavy (non-hydrogen) atoms.